The van der Waals surface area contributed by atoms with Crippen LogP contribution in [0.5, 0.6) is 17.2 Å². The molecule has 0 fully saturated rings. The fourth-order valence-corrected chi connectivity index (χ4v) is 4.19. The van der Waals surface area contributed by atoms with Crippen LogP contribution >= 0.6 is 38.5 Å². The molecule has 0 aliphatic heterocycles. The number of carbonyl (C=O) groups is 1. The Kier molecular flexibility index (Phi) is 9.99. The highest BCUT2D eigenvalue weighted by Crippen LogP contribution is 2.35. The van der Waals surface area contributed by atoms with Gasteiger partial charge in [0.1, 0.15) is 24.0 Å². The third kappa shape index (κ3) is 7.73. The zero-order valence-electron chi connectivity index (χ0n) is 19.3. The Morgan fingerprint density at radius 3 is 2.40 bits per heavy atom. The van der Waals surface area contributed by atoms with Crippen molar-refractivity contribution in [3.8, 4) is 23.3 Å². The van der Waals surface area contributed by atoms with E-state index in [1.807, 2.05) is 67.6 Å². The number of nitrogens with zero attached hydrogens (tertiary/aromatic N) is 1. The summed E-state index contributed by atoms with van der Waals surface area (Å²) < 4.78 is 18.8. The smallest absolute Gasteiger partial charge is 0.262 e. The number of benzene rings is 3. The van der Waals surface area contributed by atoms with E-state index >= 15 is 0 Å². The van der Waals surface area contributed by atoms with E-state index in [2.05, 4.69) is 43.8 Å². The molecule has 0 bridgehead atoms. The molecule has 0 aliphatic rings. The minimum absolute atomic E-state index is 0.000269. The second-order valence-corrected chi connectivity index (χ2v) is 9.46. The summed E-state index contributed by atoms with van der Waals surface area (Å²) in [7, 11) is 1.60. The van der Waals surface area contributed by atoms with E-state index in [0.717, 1.165) is 24.9 Å². The molecule has 8 heteroatoms. The molecule has 0 saturated carbocycles. The number of nitriles is 1. The Bertz CT molecular complexity index is 1240. The molecule has 0 radical (unpaired) electrons. The summed E-state index contributed by atoms with van der Waals surface area (Å²) in [6.45, 7) is 3.02. The number of amides is 1. The molecule has 3 aromatic rings. The molecule has 35 heavy (non-hydrogen) atoms. The molecule has 0 spiro atoms. The molecule has 1 amide bonds. The predicted molar refractivity (Wildman–Crippen MR) is 147 cm³/mol. The Hall–Kier alpha value is -3.03. The van der Waals surface area contributed by atoms with Gasteiger partial charge in [0.2, 0.25) is 0 Å². The molecule has 0 aliphatic carbocycles. The summed E-state index contributed by atoms with van der Waals surface area (Å²) in [6, 6.07) is 20.9. The normalized spacial score (nSPS) is 10.9. The van der Waals surface area contributed by atoms with Gasteiger partial charge in [0.15, 0.2) is 11.5 Å². The number of methoxy groups -OCH3 is 1. The van der Waals surface area contributed by atoms with Crippen molar-refractivity contribution >= 4 is 50.5 Å². The third-order valence-corrected chi connectivity index (χ3v) is 6.25. The van der Waals surface area contributed by atoms with Gasteiger partial charge in [-0.25, -0.2) is 0 Å². The Morgan fingerprint density at radius 1 is 1.09 bits per heavy atom. The molecule has 3 aromatic carbocycles. The van der Waals surface area contributed by atoms with Gasteiger partial charge in [-0.3, -0.25) is 4.79 Å². The van der Waals surface area contributed by atoms with E-state index in [9.17, 15) is 10.1 Å². The molecular weight excluding hydrogens is 623 g/mol. The van der Waals surface area contributed by atoms with Crippen LogP contribution in [0.2, 0.25) is 0 Å². The van der Waals surface area contributed by atoms with Gasteiger partial charge in [0.25, 0.3) is 5.91 Å². The number of halogens is 2. The molecule has 0 aromatic heterocycles. The largest absolute Gasteiger partial charge is 0.497 e. The molecule has 0 atom stereocenters. The van der Waals surface area contributed by atoms with Crippen LogP contribution in [0.4, 0.5) is 0 Å². The first kappa shape index (κ1) is 26.6. The van der Waals surface area contributed by atoms with E-state index in [1.54, 1.807) is 19.3 Å². The molecule has 0 heterocycles. The molecule has 0 unspecified atom stereocenters. The van der Waals surface area contributed by atoms with Crippen molar-refractivity contribution in [2.75, 3.05) is 13.7 Å². The van der Waals surface area contributed by atoms with Crippen LogP contribution in [0.15, 0.2) is 70.7 Å². The molecule has 3 rings (SSSR count). The van der Waals surface area contributed by atoms with Crippen molar-refractivity contribution in [1.82, 2.24) is 5.32 Å². The summed E-state index contributed by atoms with van der Waals surface area (Å²) in [5.74, 6) is 1.46. The van der Waals surface area contributed by atoms with Crippen LogP contribution in [0, 0.1) is 14.9 Å². The summed E-state index contributed by atoms with van der Waals surface area (Å²) >= 11 is 5.60. The van der Waals surface area contributed by atoms with Crippen LogP contribution < -0.4 is 19.5 Å². The maximum absolute atomic E-state index is 12.6. The minimum Gasteiger partial charge on any atom is -0.497 e. The van der Waals surface area contributed by atoms with Crippen LogP contribution in [-0.2, 0) is 17.9 Å². The van der Waals surface area contributed by atoms with Crippen molar-refractivity contribution in [2.24, 2.45) is 0 Å². The summed E-state index contributed by atoms with van der Waals surface area (Å²) in [6.07, 6.45) is 1.55. The van der Waals surface area contributed by atoms with Gasteiger partial charge in [-0.15, -0.1) is 0 Å². The van der Waals surface area contributed by atoms with Gasteiger partial charge in [-0.2, -0.15) is 5.26 Å². The number of hydrogen-bond acceptors (Lipinski definition) is 5. The summed E-state index contributed by atoms with van der Waals surface area (Å²) in [4.78, 5) is 12.6. The highest BCUT2D eigenvalue weighted by Gasteiger charge is 2.14. The van der Waals surface area contributed by atoms with Crippen LogP contribution in [-0.4, -0.2) is 19.6 Å². The first-order valence-electron chi connectivity index (χ1n) is 10.8. The zero-order valence-corrected chi connectivity index (χ0v) is 23.1. The number of hydrogen-bond donors (Lipinski definition) is 1. The van der Waals surface area contributed by atoms with Gasteiger partial charge >= 0.3 is 0 Å². The predicted octanol–water partition coefficient (Wildman–Crippen LogP) is 6.26. The maximum Gasteiger partial charge on any atom is 0.262 e. The fourth-order valence-electron chi connectivity index (χ4n) is 3.15. The quantitative estimate of drug-likeness (QED) is 0.160. The first-order valence-corrected chi connectivity index (χ1v) is 12.7. The van der Waals surface area contributed by atoms with Crippen molar-refractivity contribution in [3.63, 3.8) is 0 Å². The topological polar surface area (TPSA) is 80.6 Å². The Labute approximate surface area is 227 Å². The average Bonchev–Trinajstić information content (AvgIpc) is 2.87. The van der Waals surface area contributed by atoms with E-state index in [-0.39, 0.29) is 5.57 Å². The Morgan fingerprint density at radius 2 is 1.77 bits per heavy atom. The highest BCUT2D eigenvalue weighted by atomic mass is 127. The second kappa shape index (κ2) is 13.2. The average molecular weight is 647 g/mol. The standard InChI is InChI=1S/C27H24BrIN2O4/c1-3-34-25-14-20(13-24(29)26(25)35-17-19-4-8-22(28)9-5-19)12-21(15-30)27(32)31-16-18-6-10-23(33-2)11-7-18/h4-14H,3,16-17H2,1-2H3,(H,31,32)/b21-12-. The third-order valence-electron chi connectivity index (χ3n) is 4.92. The first-order chi connectivity index (χ1) is 16.9. The van der Waals surface area contributed by atoms with Crippen molar-refractivity contribution in [2.45, 2.75) is 20.1 Å². The van der Waals surface area contributed by atoms with E-state index in [4.69, 9.17) is 14.2 Å². The monoisotopic (exact) mass is 646 g/mol. The van der Waals surface area contributed by atoms with E-state index in [0.29, 0.717) is 36.8 Å². The van der Waals surface area contributed by atoms with Crippen LogP contribution in [0.1, 0.15) is 23.6 Å². The summed E-state index contributed by atoms with van der Waals surface area (Å²) in [5.41, 5.74) is 2.60. The van der Waals surface area contributed by atoms with Gasteiger partial charge < -0.3 is 19.5 Å². The lowest BCUT2D eigenvalue weighted by molar-refractivity contribution is -0.117. The van der Waals surface area contributed by atoms with Crippen LogP contribution in [0.25, 0.3) is 6.08 Å². The number of ether oxygens (including phenoxy) is 3. The molecule has 1 N–H and O–H groups in total. The minimum atomic E-state index is -0.452. The van der Waals surface area contributed by atoms with Gasteiger partial charge in [-0.1, -0.05) is 40.2 Å². The number of carbonyl (C=O) groups excluding carboxylic acids is 1. The van der Waals surface area contributed by atoms with Gasteiger partial charge in [0.05, 0.1) is 17.3 Å². The van der Waals surface area contributed by atoms with E-state index in [1.165, 1.54) is 0 Å². The lowest BCUT2D eigenvalue weighted by Gasteiger charge is -2.15. The SMILES string of the molecule is CCOc1cc(/C=C(/C#N)C(=O)NCc2ccc(OC)cc2)cc(I)c1OCc1ccc(Br)cc1. The lowest BCUT2D eigenvalue weighted by atomic mass is 10.1. The van der Waals surface area contributed by atoms with Gasteiger partial charge in [-0.05, 0) is 88.7 Å². The number of nitrogens with one attached hydrogen (secondary N) is 1. The zero-order chi connectivity index (χ0) is 25.2. The molecule has 0 saturated heterocycles. The maximum atomic E-state index is 12.6. The lowest BCUT2D eigenvalue weighted by Crippen LogP contribution is -2.23. The molecule has 6 nitrogen and oxygen atoms in total. The van der Waals surface area contributed by atoms with Crippen LogP contribution in [0.3, 0.4) is 0 Å². The fraction of sp³-hybridized carbons (Fsp3) is 0.185. The van der Waals surface area contributed by atoms with Crippen molar-refractivity contribution < 1.29 is 19.0 Å². The van der Waals surface area contributed by atoms with Gasteiger partial charge in [0, 0.05) is 11.0 Å². The molecular formula is C27H24BrIN2O4. The molecule has 180 valence electrons. The van der Waals surface area contributed by atoms with Crippen molar-refractivity contribution in [1.29, 1.82) is 5.26 Å². The highest BCUT2D eigenvalue weighted by molar-refractivity contribution is 14.1. The van der Waals surface area contributed by atoms with Crippen molar-refractivity contribution in [3.05, 3.63) is 91.0 Å². The number of rotatable bonds is 10. The second-order valence-electron chi connectivity index (χ2n) is 7.38. The summed E-state index contributed by atoms with van der Waals surface area (Å²) in [5, 5.41) is 12.4. The Balaban J connectivity index is 1.75. The van der Waals surface area contributed by atoms with E-state index < -0.39 is 5.91 Å².